The van der Waals surface area contributed by atoms with Crippen molar-refractivity contribution in [3.8, 4) is 0 Å². The lowest BCUT2D eigenvalue weighted by molar-refractivity contribution is -0.119. The first-order valence-electron chi connectivity index (χ1n) is 10.5. The molecule has 4 aliphatic carbocycles. The predicted octanol–water partition coefficient (Wildman–Crippen LogP) is 6.18. The van der Waals surface area contributed by atoms with Crippen LogP contribution in [0, 0.1) is 40.4 Å². The molecule has 7 atom stereocenters. The SMILES string of the molecule is C=C(C)C1CCC2C3CCC4CCC(=O)CCC4(C)C3CCC12C. The van der Waals surface area contributed by atoms with Crippen molar-refractivity contribution in [2.75, 3.05) is 0 Å². The van der Waals surface area contributed by atoms with Crippen molar-refractivity contribution >= 4 is 5.78 Å². The summed E-state index contributed by atoms with van der Waals surface area (Å²) < 4.78 is 0. The van der Waals surface area contributed by atoms with Gasteiger partial charge in [-0.2, -0.15) is 0 Å². The average Bonchev–Trinajstić information content (AvgIpc) is 2.81. The second-order valence-corrected chi connectivity index (χ2v) is 10.3. The summed E-state index contributed by atoms with van der Waals surface area (Å²) >= 11 is 0. The summed E-state index contributed by atoms with van der Waals surface area (Å²) in [6.45, 7) is 11.8. The Balaban J connectivity index is 1.63. The molecule has 1 nitrogen and oxygen atoms in total. The molecule has 4 saturated carbocycles. The summed E-state index contributed by atoms with van der Waals surface area (Å²) in [5.41, 5.74) is 2.38. The van der Waals surface area contributed by atoms with Gasteiger partial charge in [-0.05, 0) is 98.7 Å². The van der Waals surface area contributed by atoms with Crippen molar-refractivity contribution in [2.45, 2.75) is 85.0 Å². The van der Waals surface area contributed by atoms with Crippen molar-refractivity contribution in [3.05, 3.63) is 12.2 Å². The lowest BCUT2D eigenvalue weighted by atomic mass is 9.46. The van der Waals surface area contributed by atoms with E-state index in [1.165, 1.54) is 56.9 Å². The first kappa shape index (κ1) is 16.9. The molecule has 7 unspecified atom stereocenters. The Bertz CT molecular complexity index is 548. The highest BCUT2D eigenvalue weighted by Crippen LogP contribution is 2.67. The number of ketones is 1. The molecule has 0 bridgehead atoms. The van der Waals surface area contributed by atoms with Gasteiger partial charge >= 0.3 is 0 Å². The Morgan fingerprint density at radius 3 is 2.42 bits per heavy atom. The zero-order valence-electron chi connectivity index (χ0n) is 16.1. The maximum absolute atomic E-state index is 12.1. The number of rotatable bonds is 1. The van der Waals surface area contributed by atoms with Gasteiger partial charge in [0, 0.05) is 12.8 Å². The lowest BCUT2D eigenvalue weighted by Gasteiger charge is -2.59. The summed E-state index contributed by atoms with van der Waals surface area (Å²) in [6, 6.07) is 0. The molecule has 1 heteroatoms. The number of allylic oxidation sites excluding steroid dienone is 1. The summed E-state index contributed by atoms with van der Waals surface area (Å²) in [7, 11) is 0. The molecule has 0 amide bonds. The summed E-state index contributed by atoms with van der Waals surface area (Å²) in [5.74, 6) is 4.81. The molecule has 0 aliphatic heterocycles. The van der Waals surface area contributed by atoms with Crippen molar-refractivity contribution in [3.63, 3.8) is 0 Å². The normalized spacial score (nSPS) is 51.3. The van der Waals surface area contributed by atoms with Crippen molar-refractivity contribution in [1.29, 1.82) is 0 Å². The van der Waals surface area contributed by atoms with E-state index < -0.39 is 0 Å². The van der Waals surface area contributed by atoms with Crippen LogP contribution in [-0.4, -0.2) is 5.78 Å². The summed E-state index contributed by atoms with van der Waals surface area (Å²) in [6.07, 6.45) is 12.5. The van der Waals surface area contributed by atoms with Gasteiger partial charge in [0.05, 0.1) is 0 Å². The summed E-state index contributed by atoms with van der Waals surface area (Å²) in [4.78, 5) is 12.1. The smallest absolute Gasteiger partial charge is 0.132 e. The molecule has 0 N–H and O–H groups in total. The molecule has 0 aromatic rings. The highest BCUT2D eigenvalue weighted by Gasteiger charge is 2.59. The van der Waals surface area contributed by atoms with Crippen LogP contribution in [0.25, 0.3) is 0 Å². The lowest BCUT2D eigenvalue weighted by Crippen LogP contribution is -2.51. The molecule has 0 radical (unpaired) electrons. The fourth-order valence-electron chi connectivity index (χ4n) is 8.08. The maximum atomic E-state index is 12.1. The third-order valence-electron chi connectivity index (χ3n) is 9.37. The van der Waals surface area contributed by atoms with Gasteiger partial charge in [0.2, 0.25) is 0 Å². The second-order valence-electron chi connectivity index (χ2n) is 10.3. The fourth-order valence-corrected chi connectivity index (χ4v) is 8.08. The molecular weight excluding hydrogens is 292 g/mol. The Morgan fingerprint density at radius 2 is 1.67 bits per heavy atom. The van der Waals surface area contributed by atoms with E-state index in [1.807, 2.05) is 0 Å². The molecular formula is C23H36O. The van der Waals surface area contributed by atoms with Crippen LogP contribution in [0.15, 0.2) is 12.2 Å². The third kappa shape index (κ3) is 2.29. The highest BCUT2D eigenvalue weighted by atomic mass is 16.1. The van der Waals surface area contributed by atoms with Gasteiger partial charge in [0.1, 0.15) is 5.78 Å². The molecule has 0 saturated heterocycles. The fraction of sp³-hybridized carbons (Fsp3) is 0.870. The van der Waals surface area contributed by atoms with Crippen molar-refractivity contribution in [2.24, 2.45) is 40.4 Å². The number of Topliss-reactive ketones (excluding diaryl/α,β-unsaturated/α-hetero) is 1. The minimum absolute atomic E-state index is 0.442. The van der Waals surface area contributed by atoms with E-state index in [2.05, 4.69) is 27.4 Å². The van der Waals surface area contributed by atoms with Gasteiger partial charge in [-0.3, -0.25) is 4.79 Å². The summed E-state index contributed by atoms with van der Waals surface area (Å²) in [5, 5.41) is 0. The van der Waals surface area contributed by atoms with E-state index in [0.29, 0.717) is 16.6 Å². The standard InChI is InChI=1S/C23H36O/c1-15(2)19-9-10-20-18-8-6-16-5-7-17(24)11-13-22(16,3)21(18)12-14-23(19,20)4/h16,18-21H,1,5-14H2,2-4H3. The molecule has 0 aromatic heterocycles. The molecule has 24 heavy (non-hydrogen) atoms. The molecule has 0 aromatic carbocycles. The number of hydrogen-bond donors (Lipinski definition) is 0. The predicted molar refractivity (Wildman–Crippen MR) is 99.7 cm³/mol. The molecule has 4 aliphatic rings. The zero-order chi connectivity index (χ0) is 17.1. The van der Waals surface area contributed by atoms with E-state index in [-0.39, 0.29) is 0 Å². The first-order chi connectivity index (χ1) is 11.4. The third-order valence-corrected chi connectivity index (χ3v) is 9.37. The molecule has 4 rings (SSSR count). The molecule has 134 valence electrons. The molecule has 0 spiro atoms. The monoisotopic (exact) mass is 328 g/mol. The number of carbonyl (C=O) groups is 1. The van der Waals surface area contributed by atoms with Crippen LogP contribution in [0.4, 0.5) is 0 Å². The van der Waals surface area contributed by atoms with Gasteiger partial charge in [0.15, 0.2) is 0 Å². The van der Waals surface area contributed by atoms with E-state index in [4.69, 9.17) is 0 Å². The topological polar surface area (TPSA) is 17.1 Å². The van der Waals surface area contributed by atoms with E-state index in [9.17, 15) is 4.79 Å². The van der Waals surface area contributed by atoms with Gasteiger partial charge in [-0.15, -0.1) is 0 Å². The van der Waals surface area contributed by atoms with Crippen LogP contribution in [-0.2, 0) is 4.79 Å². The largest absolute Gasteiger partial charge is 0.300 e. The Labute approximate surface area is 148 Å². The zero-order valence-corrected chi connectivity index (χ0v) is 16.1. The van der Waals surface area contributed by atoms with Crippen molar-refractivity contribution < 1.29 is 4.79 Å². The van der Waals surface area contributed by atoms with Gasteiger partial charge in [-0.1, -0.05) is 26.0 Å². The Morgan fingerprint density at radius 1 is 0.917 bits per heavy atom. The van der Waals surface area contributed by atoms with E-state index in [1.54, 1.807) is 0 Å². The Kier molecular flexibility index (Phi) is 4.01. The van der Waals surface area contributed by atoms with Crippen LogP contribution < -0.4 is 0 Å². The van der Waals surface area contributed by atoms with Crippen LogP contribution in [0.1, 0.15) is 85.0 Å². The van der Waals surface area contributed by atoms with Crippen LogP contribution in [0.2, 0.25) is 0 Å². The highest BCUT2D eigenvalue weighted by molar-refractivity contribution is 5.78. The van der Waals surface area contributed by atoms with Crippen LogP contribution in [0.5, 0.6) is 0 Å². The van der Waals surface area contributed by atoms with E-state index >= 15 is 0 Å². The Hall–Kier alpha value is -0.590. The van der Waals surface area contributed by atoms with Gasteiger partial charge in [-0.25, -0.2) is 0 Å². The minimum atomic E-state index is 0.442. The number of fused-ring (bicyclic) bond motifs is 5. The quantitative estimate of drug-likeness (QED) is 0.525. The first-order valence-corrected chi connectivity index (χ1v) is 10.5. The second kappa shape index (κ2) is 5.71. The van der Waals surface area contributed by atoms with Crippen LogP contribution in [0.3, 0.4) is 0 Å². The maximum Gasteiger partial charge on any atom is 0.132 e. The van der Waals surface area contributed by atoms with Gasteiger partial charge in [0.25, 0.3) is 0 Å². The van der Waals surface area contributed by atoms with Gasteiger partial charge < -0.3 is 0 Å². The minimum Gasteiger partial charge on any atom is -0.300 e. The average molecular weight is 329 g/mol. The van der Waals surface area contributed by atoms with E-state index in [0.717, 1.165) is 42.4 Å². The van der Waals surface area contributed by atoms with Crippen LogP contribution >= 0.6 is 0 Å². The molecule has 4 fully saturated rings. The van der Waals surface area contributed by atoms with Crippen molar-refractivity contribution in [1.82, 2.24) is 0 Å². The number of hydrogen-bond acceptors (Lipinski definition) is 1. The molecule has 0 heterocycles. The number of carbonyl (C=O) groups excluding carboxylic acids is 1.